The Morgan fingerprint density at radius 3 is 2.57 bits per heavy atom. The molecule has 5 heteroatoms. The molecule has 0 saturated carbocycles. The predicted octanol–water partition coefficient (Wildman–Crippen LogP) is 2.99. The van der Waals surface area contributed by atoms with Crippen LogP contribution in [0.15, 0.2) is 18.2 Å². The second-order valence-electron chi connectivity index (χ2n) is 5.41. The minimum Gasteiger partial charge on any atom is -0.478 e. The summed E-state index contributed by atoms with van der Waals surface area (Å²) >= 11 is 0. The number of carbonyl (C=O) groups excluding carboxylic acids is 1. The SMILES string of the molecule is CCC(CC)N(C)C(=O)N1CCc2ccc(C(=O)O)cc21. The van der Waals surface area contributed by atoms with Gasteiger partial charge in [0.2, 0.25) is 0 Å². The van der Waals surface area contributed by atoms with E-state index in [2.05, 4.69) is 13.8 Å². The molecule has 114 valence electrons. The molecule has 0 aromatic heterocycles. The number of hydrogen-bond acceptors (Lipinski definition) is 2. The molecule has 2 amide bonds. The van der Waals surface area contributed by atoms with Gasteiger partial charge in [0.1, 0.15) is 0 Å². The molecule has 1 aliphatic heterocycles. The average Bonchev–Trinajstić information content (AvgIpc) is 2.90. The first-order valence-corrected chi connectivity index (χ1v) is 7.40. The summed E-state index contributed by atoms with van der Waals surface area (Å²) in [4.78, 5) is 27.2. The van der Waals surface area contributed by atoms with Crippen molar-refractivity contribution in [1.82, 2.24) is 4.90 Å². The van der Waals surface area contributed by atoms with Crippen LogP contribution in [0.2, 0.25) is 0 Å². The molecule has 0 radical (unpaired) electrons. The van der Waals surface area contributed by atoms with Crippen molar-refractivity contribution in [1.29, 1.82) is 0 Å². The molecule has 1 heterocycles. The molecule has 0 fully saturated rings. The zero-order valence-electron chi connectivity index (χ0n) is 12.8. The van der Waals surface area contributed by atoms with E-state index >= 15 is 0 Å². The minimum absolute atomic E-state index is 0.0509. The van der Waals surface area contributed by atoms with Crippen LogP contribution in [0.25, 0.3) is 0 Å². The van der Waals surface area contributed by atoms with Gasteiger partial charge in [0.05, 0.1) is 5.56 Å². The van der Waals surface area contributed by atoms with Crippen LogP contribution in [0.5, 0.6) is 0 Å². The summed E-state index contributed by atoms with van der Waals surface area (Å²) in [5.74, 6) is -0.967. The maximum atomic E-state index is 12.7. The van der Waals surface area contributed by atoms with E-state index in [1.807, 2.05) is 13.1 Å². The highest BCUT2D eigenvalue weighted by Crippen LogP contribution is 2.30. The summed E-state index contributed by atoms with van der Waals surface area (Å²) in [5.41, 5.74) is 1.99. The van der Waals surface area contributed by atoms with E-state index in [1.54, 1.807) is 21.9 Å². The summed E-state index contributed by atoms with van der Waals surface area (Å²) in [6.07, 6.45) is 2.60. The first-order chi connectivity index (χ1) is 9.99. The van der Waals surface area contributed by atoms with Crippen molar-refractivity contribution >= 4 is 17.7 Å². The number of urea groups is 1. The summed E-state index contributed by atoms with van der Waals surface area (Å²) < 4.78 is 0. The molecule has 0 spiro atoms. The zero-order chi connectivity index (χ0) is 15.6. The number of carbonyl (C=O) groups is 2. The van der Waals surface area contributed by atoms with Gasteiger partial charge in [-0.15, -0.1) is 0 Å². The first kappa shape index (κ1) is 15.4. The van der Waals surface area contributed by atoms with Gasteiger partial charge in [-0.3, -0.25) is 4.90 Å². The summed E-state index contributed by atoms with van der Waals surface area (Å²) in [6.45, 7) is 4.75. The Bertz CT molecular complexity index is 552. The summed E-state index contributed by atoms with van der Waals surface area (Å²) in [7, 11) is 1.82. The minimum atomic E-state index is -0.967. The molecule has 21 heavy (non-hydrogen) atoms. The van der Waals surface area contributed by atoms with Gasteiger partial charge in [0.25, 0.3) is 0 Å². The van der Waals surface area contributed by atoms with Gasteiger partial charge in [-0.1, -0.05) is 19.9 Å². The van der Waals surface area contributed by atoms with E-state index in [0.717, 1.165) is 30.5 Å². The van der Waals surface area contributed by atoms with Crippen molar-refractivity contribution in [3.05, 3.63) is 29.3 Å². The largest absolute Gasteiger partial charge is 0.478 e. The van der Waals surface area contributed by atoms with Crippen LogP contribution in [0, 0.1) is 0 Å². The van der Waals surface area contributed by atoms with Crippen molar-refractivity contribution in [2.24, 2.45) is 0 Å². The fraction of sp³-hybridized carbons (Fsp3) is 0.500. The molecule has 1 aliphatic rings. The standard InChI is InChI=1S/C16H22N2O3/c1-4-13(5-2)17(3)16(21)18-9-8-11-6-7-12(15(19)20)10-14(11)18/h6-7,10,13H,4-5,8-9H2,1-3H3,(H,19,20). The lowest BCUT2D eigenvalue weighted by Gasteiger charge is -2.31. The second-order valence-corrected chi connectivity index (χ2v) is 5.41. The Kier molecular flexibility index (Phi) is 4.50. The number of amides is 2. The molecule has 2 rings (SSSR count). The maximum Gasteiger partial charge on any atom is 0.335 e. The van der Waals surface area contributed by atoms with Crippen LogP contribution in [0.1, 0.15) is 42.6 Å². The van der Waals surface area contributed by atoms with Crippen LogP contribution >= 0.6 is 0 Å². The molecular formula is C16H22N2O3. The number of carboxylic acid groups (broad SMARTS) is 1. The molecule has 0 aliphatic carbocycles. The Hall–Kier alpha value is -2.04. The number of rotatable bonds is 4. The second kappa shape index (κ2) is 6.16. The highest BCUT2D eigenvalue weighted by molar-refractivity contribution is 5.97. The Balaban J connectivity index is 2.27. The van der Waals surface area contributed by atoms with E-state index in [4.69, 9.17) is 5.11 Å². The van der Waals surface area contributed by atoms with Gasteiger partial charge < -0.3 is 10.0 Å². The predicted molar refractivity (Wildman–Crippen MR) is 82.0 cm³/mol. The first-order valence-electron chi connectivity index (χ1n) is 7.40. The van der Waals surface area contributed by atoms with E-state index in [1.165, 1.54) is 0 Å². The van der Waals surface area contributed by atoms with E-state index < -0.39 is 5.97 Å². The number of fused-ring (bicyclic) bond motifs is 1. The van der Waals surface area contributed by atoms with Crippen molar-refractivity contribution in [3.8, 4) is 0 Å². The van der Waals surface area contributed by atoms with Gasteiger partial charge in [-0.2, -0.15) is 0 Å². The van der Waals surface area contributed by atoms with Crippen molar-refractivity contribution in [2.75, 3.05) is 18.5 Å². The molecule has 0 unspecified atom stereocenters. The Labute approximate surface area is 125 Å². The van der Waals surface area contributed by atoms with Gasteiger partial charge in [0.15, 0.2) is 0 Å². The Morgan fingerprint density at radius 1 is 1.33 bits per heavy atom. The van der Waals surface area contributed by atoms with Gasteiger partial charge in [-0.05, 0) is 37.0 Å². The topological polar surface area (TPSA) is 60.9 Å². The maximum absolute atomic E-state index is 12.7. The number of carboxylic acids is 1. The van der Waals surface area contributed by atoms with Crippen molar-refractivity contribution < 1.29 is 14.7 Å². The molecule has 1 aromatic carbocycles. The van der Waals surface area contributed by atoms with E-state index in [-0.39, 0.29) is 17.6 Å². The van der Waals surface area contributed by atoms with Crippen LogP contribution in [-0.4, -0.2) is 41.6 Å². The highest BCUT2D eigenvalue weighted by Gasteiger charge is 2.29. The lowest BCUT2D eigenvalue weighted by molar-refractivity contribution is 0.0697. The number of aromatic carboxylic acids is 1. The van der Waals surface area contributed by atoms with E-state index in [9.17, 15) is 9.59 Å². The van der Waals surface area contributed by atoms with Crippen LogP contribution in [-0.2, 0) is 6.42 Å². The lowest BCUT2D eigenvalue weighted by atomic mass is 10.1. The number of anilines is 1. The normalized spacial score (nSPS) is 13.4. The lowest BCUT2D eigenvalue weighted by Crippen LogP contribution is -2.45. The molecule has 1 N–H and O–H groups in total. The van der Waals surface area contributed by atoms with Gasteiger partial charge in [0, 0.05) is 25.3 Å². The van der Waals surface area contributed by atoms with Crippen LogP contribution in [0.3, 0.4) is 0 Å². The third-order valence-electron chi connectivity index (χ3n) is 4.25. The summed E-state index contributed by atoms with van der Waals surface area (Å²) in [5, 5.41) is 9.10. The molecule has 0 saturated heterocycles. The molecule has 0 atom stereocenters. The summed E-state index contributed by atoms with van der Waals surface area (Å²) in [6, 6.07) is 5.17. The fourth-order valence-corrected chi connectivity index (χ4v) is 2.89. The van der Waals surface area contributed by atoms with Crippen LogP contribution < -0.4 is 4.90 Å². The number of nitrogens with zero attached hydrogens (tertiary/aromatic N) is 2. The smallest absolute Gasteiger partial charge is 0.335 e. The zero-order valence-corrected chi connectivity index (χ0v) is 12.8. The molecule has 5 nitrogen and oxygen atoms in total. The molecular weight excluding hydrogens is 268 g/mol. The van der Waals surface area contributed by atoms with Gasteiger partial charge >= 0.3 is 12.0 Å². The average molecular weight is 290 g/mol. The third kappa shape index (κ3) is 2.86. The third-order valence-corrected chi connectivity index (χ3v) is 4.25. The monoisotopic (exact) mass is 290 g/mol. The highest BCUT2D eigenvalue weighted by atomic mass is 16.4. The van der Waals surface area contributed by atoms with Gasteiger partial charge in [-0.25, -0.2) is 9.59 Å². The quantitative estimate of drug-likeness (QED) is 0.927. The molecule has 1 aromatic rings. The number of hydrogen-bond donors (Lipinski definition) is 1. The number of benzene rings is 1. The van der Waals surface area contributed by atoms with E-state index in [0.29, 0.717) is 6.54 Å². The van der Waals surface area contributed by atoms with Crippen LogP contribution in [0.4, 0.5) is 10.5 Å². The van der Waals surface area contributed by atoms with Crippen molar-refractivity contribution in [2.45, 2.75) is 39.2 Å². The molecule has 0 bridgehead atoms. The van der Waals surface area contributed by atoms with Crippen molar-refractivity contribution in [3.63, 3.8) is 0 Å². The fourth-order valence-electron chi connectivity index (χ4n) is 2.89. The Morgan fingerprint density at radius 2 is 2.00 bits per heavy atom.